The van der Waals surface area contributed by atoms with Gasteiger partial charge in [0.25, 0.3) is 0 Å². The molecule has 0 rings (SSSR count). The van der Waals surface area contributed by atoms with Crippen LogP contribution in [0.4, 0.5) is 0 Å². The SMILES string of the molecule is CC/C=C(N)/N=C(/OC)C(/N=C\CC(O)C(O)C(COP(=O)(NC(CC(C)C)C(=O)CCC)NC(CC(C)C)C(=O)OCC)OC)=C(C)N. The molecule has 0 fully saturated rings. The van der Waals surface area contributed by atoms with Crippen LogP contribution in [0.2, 0.25) is 0 Å². The molecule has 6 atom stereocenters. The Morgan fingerprint density at radius 2 is 1.57 bits per heavy atom. The Bertz CT molecular complexity index is 1130. The summed E-state index contributed by atoms with van der Waals surface area (Å²) in [5, 5.41) is 27.6. The maximum absolute atomic E-state index is 14.5. The number of aliphatic hydroxyl groups excluding tert-OH is 2. The number of ether oxygens (including phenoxy) is 3. The summed E-state index contributed by atoms with van der Waals surface area (Å²) in [6.45, 7) is 14.3. The van der Waals surface area contributed by atoms with Gasteiger partial charge in [0, 0.05) is 31.9 Å². The number of rotatable bonds is 25. The molecule has 0 aromatic carbocycles. The van der Waals surface area contributed by atoms with Gasteiger partial charge in [-0.3, -0.25) is 19.1 Å². The van der Waals surface area contributed by atoms with Crippen LogP contribution in [0, 0.1) is 11.8 Å². The zero-order chi connectivity index (χ0) is 37.7. The maximum atomic E-state index is 14.5. The first-order chi connectivity index (χ1) is 23.0. The van der Waals surface area contributed by atoms with E-state index in [0.29, 0.717) is 19.3 Å². The molecule has 0 radical (unpaired) electrons. The van der Waals surface area contributed by atoms with Crippen molar-refractivity contribution in [2.45, 2.75) is 124 Å². The van der Waals surface area contributed by atoms with Gasteiger partial charge < -0.3 is 40.4 Å². The van der Waals surface area contributed by atoms with Crippen LogP contribution < -0.4 is 21.6 Å². The minimum Gasteiger partial charge on any atom is -0.479 e. The number of esters is 1. The van der Waals surface area contributed by atoms with Gasteiger partial charge >= 0.3 is 13.6 Å². The van der Waals surface area contributed by atoms with Crippen molar-refractivity contribution < 1.29 is 43.1 Å². The van der Waals surface area contributed by atoms with Crippen LogP contribution in [0.3, 0.4) is 0 Å². The number of nitrogens with zero attached hydrogens (tertiary/aromatic N) is 2. The van der Waals surface area contributed by atoms with Crippen molar-refractivity contribution in [3.8, 4) is 0 Å². The number of nitrogens with two attached hydrogens (primary N) is 2. The van der Waals surface area contributed by atoms with E-state index in [1.54, 1.807) is 19.9 Å². The molecule has 0 aromatic heterocycles. The molecule has 8 N–H and O–H groups in total. The normalized spacial score (nSPS) is 17.8. The van der Waals surface area contributed by atoms with Gasteiger partial charge in [-0.25, -0.2) is 10.2 Å². The fourth-order valence-corrected chi connectivity index (χ4v) is 6.46. The van der Waals surface area contributed by atoms with Crippen LogP contribution >= 0.6 is 7.67 Å². The molecule has 0 bridgehead atoms. The molecule has 0 saturated carbocycles. The fraction of sp³-hybridized carbons (Fsp3) is 0.758. The van der Waals surface area contributed by atoms with Gasteiger partial charge in [-0.1, -0.05) is 41.5 Å². The highest BCUT2D eigenvalue weighted by molar-refractivity contribution is 7.54. The molecule has 16 heteroatoms. The Labute approximate surface area is 292 Å². The largest absolute Gasteiger partial charge is 0.479 e. The molecule has 0 aliphatic heterocycles. The van der Waals surface area contributed by atoms with E-state index in [-0.39, 0.29) is 66.6 Å². The molecule has 0 aliphatic rings. The van der Waals surface area contributed by atoms with E-state index in [2.05, 4.69) is 20.2 Å². The lowest BCUT2D eigenvalue weighted by Gasteiger charge is -2.32. The standard InChI is InChI=1S/C33H63N6O9P/c1-11-14-26(40)24(18-21(4)5)38-49(44,39-25(19-22(6)7)33(43)47-13-3)48-20-28(45-9)31(42)27(41)16-17-36-30(23(8)34)32(46-10)37-29(35)15-12-2/h15,17,21-22,24-25,27-28,31,41-42H,11-14,16,18-20,34-35H2,1-10H3,(H2,38,39,44)/b29-15+,30-23?,36-17-,37-32+. The molecule has 0 aromatic rings. The second-order valence-electron chi connectivity index (χ2n) is 12.5. The smallest absolute Gasteiger partial charge is 0.342 e. The highest BCUT2D eigenvalue weighted by atomic mass is 31.2. The zero-order valence-electron chi connectivity index (χ0n) is 31.1. The van der Waals surface area contributed by atoms with Crippen LogP contribution in [0.5, 0.6) is 0 Å². The lowest BCUT2D eigenvalue weighted by atomic mass is 9.99. The van der Waals surface area contributed by atoms with Crippen molar-refractivity contribution in [3.63, 3.8) is 0 Å². The van der Waals surface area contributed by atoms with Gasteiger partial charge in [0.2, 0.25) is 5.90 Å². The number of Topliss-reactive ketones (excluding diaryl/α,β-unsaturated/α-hetero) is 1. The van der Waals surface area contributed by atoms with Crippen molar-refractivity contribution in [3.05, 3.63) is 23.3 Å². The third kappa shape index (κ3) is 18.2. The van der Waals surface area contributed by atoms with Gasteiger partial charge in [0.15, 0.2) is 0 Å². The molecule has 284 valence electrons. The molecule has 6 unspecified atom stereocenters. The Balaban J connectivity index is 6.24. The average molecular weight is 719 g/mol. The van der Waals surface area contributed by atoms with E-state index in [1.807, 2.05) is 41.5 Å². The van der Waals surface area contributed by atoms with Crippen molar-refractivity contribution in [1.82, 2.24) is 10.2 Å². The lowest BCUT2D eigenvalue weighted by Crippen LogP contribution is -2.46. The van der Waals surface area contributed by atoms with E-state index in [0.717, 1.165) is 0 Å². The Morgan fingerprint density at radius 3 is 2.06 bits per heavy atom. The second kappa shape index (κ2) is 24.5. The highest BCUT2D eigenvalue weighted by Gasteiger charge is 2.38. The number of carbonyl (C=O) groups is 2. The minimum atomic E-state index is -4.20. The summed E-state index contributed by atoms with van der Waals surface area (Å²) in [5.74, 6) is -0.391. The van der Waals surface area contributed by atoms with Crippen LogP contribution in [0.25, 0.3) is 0 Å². The van der Waals surface area contributed by atoms with Crippen molar-refractivity contribution >= 4 is 31.5 Å². The number of carbonyl (C=O) groups excluding carboxylic acids is 2. The Hall–Kier alpha value is -2.65. The van der Waals surface area contributed by atoms with Crippen molar-refractivity contribution in [1.29, 1.82) is 0 Å². The van der Waals surface area contributed by atoms with E-state index in [4.69, 9.17) is 30.2 Å². The average Bonchev–Trinajstić information content (AvgIpc) is 3.01. The summed E-state index contributed by atoms with van der Waals surface area (Å²) >= 11 is 0. The number of allylic oxidation sites excluding steroid dienone is 2. The lowest BCUT2D eigenvalue weighted by molar-refractivity contribution is -0.145. The summed E-state index contributed by atoms with van der Waals surface area (Å²) in [7, 11) is -1.51. The second-order valence-corrected chi connectivity index (χ2v) is 14.4. The molecule has 0 spiro atoms. The first kappa shape index (κ1) is 46.4. The van der Waals surface area contributed by atoms with Crippen LogP contribution in [-0.2, 0) is 32.9 Å². The Kier molecular flexibility index (Phi) is 23.2. The quantitative estimate of drug-likeness (QED) is 0.0343. The van der Waals surface area contributed by atoms with Crippen molar-refractivity contribution in [2.75, 3.05) is 27.4 Å². The van der Waals surface area contributed by atoms with Gasteiger partial charge in [-0.2, -0.15) is 4.99 Å². The van der Waals surface area contributed by atoms with Gasteiger partial charge in [-0.05, 0) is 57.4 Å². The predicted molar refractivity (Wildman–Crippen MR) is 193 cm³/mol. The van der Waals surface area contributed by atoms with Gasteiger partial charge in [0.1, 0.15) is 35.6 Å². The molecule has 0 saturated heterocycles. The summed E-state index contributed by atoms with van der Waals surface area (Å²) in [5.41, 5.74) is 12.3. The number of aliphatic imine (C=N–C) groups is 2. The number of aliphatic hydroxyl groups is 2. The third-order valence-corrected chi connectivity index (χ3v) is 8.82. The molecule has 0 aliphatic carbocycles. The summed E-state index contributed by atoms with van der Waals surface area (Å²) < 4.78 is 36.3. The molecule has 0 amide bonds. The molecular weight excluding hydrogens is 655 g/mol. The minimum absolute atomic E-state index is 0.0173. The fourth-order valence-electron chi connectivity index (χ4n) is 4.60. The van der Waals surface area contributed by atoms with E-state index < -0.39 is 50.6 Å². The van der Waals surface area contributed by atoms with Crippen molar-refractivity contribution in [2.24, 2.45) is 33.3 Å². The topological polar surface area (TPSA) is 229 Å². The predicted octanol–water partition coefficient (Wildman–Crippen LogP) is 3.69. The summed E-state index contributed by atoms with van der Waals surface area (Å²) in [6.07, 6.45) is 0.918. The zero-order valence-corrected chi connectivity index (χ0v) is 32.0. The monoisotopic (exact) mass is 718 g/mol. The molecule has 15 nitrogen and oxygen atoms in total. The highest BCUT2D eigenvalue weighted by Crippen LogP contribution is 2.41. The van der Waals surface area contributed by atoms with Gasteiger partial charge in [0.05, 0.1) is 32.5 Å². The number of hydrogen-bond donors (Lipinski definition) is 6. The Morgan fingerprint density at radius 1 is 0.980 bits per heavy atom. The van der Waals surface area contributed by atoms with Crippen LogP contribution in [-0.4, -0.2) is 91.9 Å². The van der Waals surface area contributed by atoms with E-state index in [9.17, 15) is 24.4 Å². The first-order valence-electron chi connectivity index (χ1n) is 16.9. The van der Waals surface area contributed by atoms with Crippen LogP contribution in [0.15, 0.2) is 33.3 Å². The molecule has 0 heterocycles. The number of ketones is 1. The van der Waals surface area contributed by atoms with E-state index in [1.165, 1.54) is 20.4 Å². The number of hydrogen-bond acceptors (Lipinski definition) is 13. The molecular formula is C33H63N6O9P. The summed E-state index contributed by atoms with van der Waals surface area (Å²) in [4.78, 5) is 34.4. The number of nitrogens with one attached hydrogen (secondary N) is 2. The number of methoxy groups -OCH3 is 2. The first-order valence-corrected chi connectivity index (χ1v) is 18.6. The molecule has 49 heavy (non-hydrogen) atoms. The van der Waals surface area contributed by atoms with Crippen LogP contribution in [0.1, 0.15) is 93.9 Å². The summed E-state index contributed by atoms with van der Waals surface area (Å²) in [6, 6.07) is -1.86. The third-order valence-electron chi connectivity index (χ3n) is 7.00. The van der Waals surface area contributed by atoms with E-state index >= 15 is 0 Å². The van der Waals surface area contributed by atoms with Gasteiger partial charge in [-0.15, -0.1) is 0 Å². The maximum Gasteiger partial charge on any atom is 0.342 e.